The average molecular weight is 479 g/mol. The van der Waals surface area contributed by atoms with Crippen LogP contribution in [-0.2, 0) is 16.3 Å². The molecule has 0 bridgehead atoms. The smallest absolute Gasteiger partial charge is 0.226 e. The van der Waals surface area contributed by atoms with Crippen LogP contribution in [0.25, 0.3) is 11.0 Å². The Morgan fingerprint density at radius 2 is 2.03 bits per heavy atom. The zero-order valence-corrected chi connectivity index (χ0v) is 20.2. The van der Waals surface area contributed by atoms with Gasteiger partial charge in [-0.1, -0.05) is 19.6 Å². The second-order valence-corrected chi connectivity index (χ2v) is 16.1. The molecule has 4 rings (SSSR count). The average Bonchev–Trinajstić information content (AvgIpc) is 3.23. The molecule has 8 heteroatoms. The van der Waals surface area contributed by atoms with Gasteiger partial charge in [-0.2, -0.15) is 0 Å². The number of amides is 1. The van der Waals surface area contributed by atoms with E-state index >= 15 is 0 Å². The van der Waals surface area contributed by atoms with Gasteiger partial charge in [0.2, 0.25) is 5.91 Å². The first-order valence-corrected chi connectivity index (χ1v) is 15.0. The van der Waals surface area contributed by atoms with Crippen molar-refractivity contribution in [2.75, 3.05) is 31.1 Å². The third kappa shape index (κ3) is 4.25. The third-order valence-corrected chi connectivity index (χ3v) is 8.63. The SMILES string of the molecule is C[Si](C)(C)CCOCn1ccc2c(N3CCC4(CCNC4=O)CC3)c(Br)cnc21. The van der Waals surface area contributed by atoms with E-state index < -0.39 is 8.07 Å². The molecule has 6 nitrogen and oxygen atoms in total. The normalized spacial score (nSPS) is 19.3. The molecule has 1 amide bonds. The summed E-state index contributed by atoms with van der Waals surface area (Å²) in [6, 6.07) is 3.30. The molecule has 29 heavy (non-hydrogen) atoms. The van der Waals surface area contributed by atoms with Crippen molar-refractivity contribution in [1.29, 1.82) is 0 Å². The molecule has 2 fully saturated rings. The number of nitrogens with one attached hydrogen (secondary N) is 1. The van der Waals surface area contributed by atoms with E-state index in [1.807, 2.05) is 6.20 Å². The Morgan fingerprint density at radius 3 is 2.69 bits per heavy atom. The minimum Gasteiger partial charge on any atom is -0.370 e. The highest BCUT2D eigenvalue weighted by molar-refractivity contribution is 9.10. The molecule has 0 unspecified atom stereocenters. The van der Waals surface area contributed by atoms with Gasteiger partial charge in [-0.25, -0.2) is 4.98 Å². The molecule has 1 N–H and O–H groups in total. The standard InChI is InChI=1S/C21H31BrN4O2Si/c1-29(2,3)13-12-28-15-26-9-4-16-18(17(22)14-24-19(16)26)25-10-6-21(7-11-25)5-8-23-20(21)27/h4,9,14H,5-8,10-13,15H2,1-3H3,(H,23,27). The van der Waals surface area contributed by atoms with E-state index in [9.17, 15) is 4.79 Å². The lowest BCUT2D eigenvalue weighted by molar-refractivity contribution is -0.128. The molecular weight excluding hydrogens is 448 g/mol. The monoisotopic (exact) mass is 478 g/mol. The summed E-state index contributed by atoms with van der Waals surface area (Å²) >= 11 is 3.72. The molecule has 0 radical (unpaired) electrons. The van der Waals surface area contributed by atoms with Gasteiger partial charge in [0, 0.05) is 52.1 Å². The van der Waals surface area contributed by atoms with E-state index in [0.29, 0.717) is 6.73 Å². The minimum atomic E-state index is -1.08. The van der Waals surface area contributed by atoms with Gasteiger partial charge in [-0.05, 0) is 47.3 Å². The predicted molar refractivity (Wildman–Crippen MR) is 123 cm³/mol. The number of rotatable bonds is 6. The number of anilines is 1. The van der Waals surface area contributed by atoms with Crippen LogP contribution >= 0.6 is 15.9 Å². The first kappa shape index (κ1) is 20.9. The molecule has 0 aliphatic carbocycles. The van der Waals surface area contributed by atoms with Gasteiger partial charge in [0.25, 0.3) is 0 Å². The van der Waals surface area contributed by atoms with Crippen LogP contribution in [0.2, 0.25) is 25.7 Å². The van der Waals surface area contributed by atoms with E-state index in [1.54, 1.807) is 0 Å². The third-order valence-electron chi connectivity index (χ3n) is 6.35. The molecule has 2 aromatic rings. The number of halogens is 1. The Hall–Kier alpha value is -1.38. The van der Waals surface area contributed by atoms with Gasteiger partial charge in [-0.3, -0.25) is 4.79 Å². The van der Waals surface area contributed by atoms with Gasteiger partial charge in [0.05, 0.1) is 15.6 Å². The van der Waals surface area contributed by atoms with Crippen molar-refractivity contribution < 1.29 is 9.53 Å². The van der Waals surface area contributed by atoms with Gasteiger partial charge in [-0.15, -0.1) is 0 Å². The number of hydrogen-bond acceptors (Lipinski definition) is 4. The minimum absolute atomic E-state index is 0.148. The summed E-state index contributed by atoms with van der Waals surface area (Å²) in [6.07, 6.45) is 6.75. The van der Waals surface area contributed by atoms with Crippen LogP contribution in [0.15, 0.2) is 22.9 Å². The van der Waals surface area contributed by atoms with Crippen molar-refractivity contribution in [2.24, 2.45) is 5.41 Å². The Morgan fingerprint density at radius 1 is 1.28 bits per heavy atom. The second-order valence-electron chi connectivity index (χ2n) is 9.60. The highest BCUT2D eigenvalue weighted by Gasteiger charge is 2.44. The van der Waals surface area contributed by atoms with E-state index in [1.165, 1.54) is 11.7 Å². The molecule has 0 saturated carbocycles. The van der Waals surface area contributed by atoms with Gasteiger partial charge >= 0.3 is 0 Å². The molecular formula is C21H31BrN4O2Si. The van der Waals surface area contributed by atoms with Gasteiger partial charge < -0.3 is 19.5 Å². The number of aromatic nitrogens is 2. The van der Waals surface area contributed by atoms with Crippen molar-refractivity contribution in [3.05, 3.63) is 22.9 Å². The molecule has 4 heterocycles. The Balaban J connectivity index is 1.49. The maximum absolute atomic E-state index is 12.3. The first-order valence-electron chi connectivity index (χ1n) is 10.5. The Kier molecular flexibility index (Phi) is 5.78. The molecule has 2 aliphatic heterocycles. The molecule has 2 aliphatic rings. The van der Waals surface area contributed by atoms with Crippen molar-refractivity contribution in [3.8, 4) is 0 Å². The summed E-state index contributed by atoms with van der Waals surface area (Å²) in [5, 5.41) is 4.16. The molecule has 0 atom stereocenters. The van der Waals surface area contributed by atoms with Crippen molar-refractivity contribution in [3.63, 3.8) is 0 Å². The second kappa shape index (κ2) is 8.04. The predicted octanol–water partition coefficient (Wildman–Crippen LogP) is 4.22. The highest BCUT2D eigenvalue weighted by Crippen LogP contribution is 2.42. The highest BCUT2D eigenvalue weighted by atomic mass is 79.9. The van der Waals surface area contributed by atoms with Crippen molar-refractivity contribution >= 4 is 46.6 Å². The maximum Gasteiger partial charge on any atom is 0.226 e. The number of ether oxygens (including phenoxy) is 1. The van der Waals surface area contributed by atoms with Crippen LogP contribution in [-0.4, -0.2) is 49.8 Å². The number of carbonyl (C=O) groups is 1. The van der Waals surface area contributed by atoms with Crippen LogP contribution in [0.1, 0.15) is 19.3 Å². The molecule has 1 spiro atoms. The maximum atomic E-state index is 12.3. The molecule has 2 saturated heterocycles. The topological polar surface area (TPSA) is 59.4 Å². The van der Waals surface area contributed by atoms with E-state index in [0.717, 1.165) is 61.0 Å². The number of nitrogens with zero attached hydrogens (tertiary/aromatic N) is 3. The number of pyridine rings is 1. The molecule has 0 aromatic carbocycles. The Bertz CT molecular complexity index is 900. The fourth-order valence-electron chi connectivity index (χ4n) is 4.42. The van der Waals surface area contributed by atoms with E-state index in [-0.39, 0.29) is 11.3 Å². The summed E-state index contributed by atoms with van der Waals surface area (Å²) in [5.74, 6) is 0.248. The van der Waals surface area contributed by atoms with Crippen LogP contribution < -0.4 is 10.2 Å². The lowest BCUT2D eigenvalue weighted by Gasteiger charge is -2.39. The number of carbonyl (C=O) groups excluding carboxylic acids is 1. The lowest BCUT2D eigenvalue weighted by atomic mass is 9.77. The van der Waals surface area contributed by atoms with Crippen LogP contribution in [0.5, 0.6) is 0 Å². The quantitative estimate of drug-likeness (QED) is 0.498. The molecule has 158 valence electrons. The zero-order chi connectivity index (χ0) is 20.6. The summed E-state index contributed by atoms with van der Waals surface area (Å²) in [5.41, 5.74) is 1.99. The zero-order valence-electron chi connectivity index (χ0n) is 17.6. The number of fused-ring (bicyclic) bond motifs is 1. The van der Waals surface area contributed by atoms with Crippen LogP contribution in [0.4, 0.5) is 5.69 Å². The van der Waals surface area contributed by atoms with Crippen molar-refractivity contribution in [1.82, 2.24) is 14.9 Å². The largest absolute Gasteiger partial charge is 0.370 e. The summed E-state index contributed by atoms with van der Waals surface area (Å²) in [6.45, 7) is 11.0. The first-order chi connectivity index (χ1) is 13.8. The number of hydrogen-bond donors (Lipinski definition) is 1. The fourth-order valence-corrected chi connectivity index (χ4v) is 5.74. The van der Waals surface area contributed by atoms with E-state index in [4.69, 9.17) is 4.74 Å². The summed E-state index contributed by atoms with van der Waals surface area (Å²) < 4.78 is 9.04. The number of piperidine rings is 1. The van der Waals surface area contributed by atoms with E-state index in [2.05, 4.69) is 67.6 Å². The summed E-state index contributed by atoms with van der Waals surface area (Å²) in [7, 11) is -1.08. The van der Waals surface area contributed by atoms with Gasteiger partial charge in [0.1, 0.15) is 12.4 Å². The van der Waals surface area contributed by atoms with Gasteiger partial charge in [0.15, 0.2) is 0 Å². The fraction of sp³-hybridized carbons (Fsp3) is 0.619. The van der Waals surface area contributed by atoms with Crippen molar-refractivity contribution in [2.45, 2.75) is 51.7 Å². The van der Waals surface area contributed by atoms with Crippen LogP contribution in [0.3, 0.4) is 0 Å². The lowest BCUT2D eigenvalue weighted by Crippen LogP contribution is -2.44. The Labute approximate surface area is 182 Å². The summed E-state index contributed by atoms with van der Waals surface area (Å²) in [4.78, 5) is 19.4. The molecule has 2 aromatic heterocycles. The van der Waals surface area contributed by atoms with Crippen LogP contribution in [0, 0.1) is 5.41 Å².